The molecule has 0 radical (unpaired) electrons. The molecule has 0 saturated carbocycles. The molecule has 2 fully saturated rings. The van der Waals surface area contributed by atoms with Gasteiger partial charge in [-0.3, -0.25) is 4.98 Å². The fourth-order valence-corrected chi connectivity index (χ4v) is 2.86. The van der Waals surface area contributed by atoms with Crippen molar-refractivity contribution in [3.63, 3.8) is 0 Å². The third-order valence-electron chi connectivity index (χ3n) is 3.90. The van der Waals surface area contributed by atoms with Crippen LogP contribution >= 0.6 is 0 Å². The van der Waals surface area contributed by atoms with Crippen molar-refractivity contribution in [2.24, 2.45) is 0 Å². The summed E-state index contributed by atoms with van der Waals surface area (Å²) in [6.07, 6.45) is 5.85. The van der Waals surface area contributed by atoms with Crippen molar-refractivity contribution in [2.75, 3.05) is 7.11 Å². The van der Waals surface area contributed by atoms with Gasteiger partial charge in [0.1, 0.15) is 0 Å². The van der Waals surface area contributed by atoms with E-state index < -0.39 is 0 Å². The summed E-state index contributed by atoms with van der Waals surface area (Å²) in [4.78, 5) is 15.6. The maximum Gasteiger partial charge on any atom is 0.339 e. The number of nitrogens with zero attached hydrogens (tertiary/aromatic N) is 1. The second-order valence-electron chi connectivity index (χ2n) is 5.13. The number of hydrogen-bond donors (Lipinski definition) is 1. The van der Waals surface area contributed by atoms with Gasteiger partial charge in [0.2, 0.25) is 0 Å². The second kappa shape index (κ2) is 5.27. The number of ether oxygens (including phenoxy) is 2. The van der Waals surface area contributed by atoms with Crippen LogP contribution < -0.4 is 5.32 Å². The van der Waals surface area contributed by atoms with Gasteiger partial charge in [-0.25, -0.2) is 4.79 Å². The van der Waals surface area contributed by atoms with Gasteiger partial charge in [0.25, 0.3) is 0 Å². The van der Waals surface area contributed by atoms with E-state index >= 15 is 0 Å². The van der Waals surface area contributed by atoms with Crippen molar-refractivity contribution >= 4 is 5.97 Å². The molecular weight excluding hydrogens is 244 g/mol. The molecule has 2 saturated heterocycles. The molecule has 5 nitrogen and oxygen atoms in total. The zero-order valence-electron chi connectivity index (χ0n) is 11.0. The third kappa shape index (κ3) is 2.62. The Morgan fingerprint density at radius 3 is 3.00 bits per heavy atom. The Morgan fingerprint density at radius 2 is 2.42 bits per heavy atom. The van der Waals surface area contributed by atoms with Gasteiger partial charge < -0.3 is 14.8 Å². The lowest BCUT2D eigenvalue weighted by Gasteiger charge is -2.19. The van der Waals surface area contributed by atoms with Gasteiger partial charge in [0.15, 0.2) is 0 Å². The molecule has 3 unspecified atom stereocenters. The summed E-state index contributed by atoms with van der Waals surface area (Å²) in [7, 11) is 1.37. The molecule has 3 rings (SSSR count). The van der Waals surface area contributed by atoms with Gasteiger partial charge in [0, 0.05) is 18.8 Å². The first-order chi connectivity index (χ1) is 9.26. The van der Waals surface area contributed by atoms with Crippen LogP contribution in [0.25, 0.3) is 0 Å². The van der Waals surface area contributed by atoms with Gasteiger partial charge in [-0.1, -0.05) is 0 Å². The summed E-state index contributed by atoms with van der Waals surface area (Å²) in [5.74, 6) is -0.353. The summed E-state index contributed by atoms with van der Waals surface area (Å²) in [6, 6.07) is 4.04. The van der Waals surface area contributed by atoms with Gasteiger partial charge in [-0.05, 0) is 31.4 Å². The Bertz CT molecular complexity index is 460. The highest BCUT2D eigenvalue weighted by Crippen LogP contribution is 2.34. The lowest BCUT2D eigenvalue weighted by molar-refractivity contribution is 0.0600. The van der Waals surface area contributed by atoms with E-state index in [2.05, 4.69) is 15.0 Å². The predicted octanol–water partition coefficient (Wildman–Crippen LogP) is 1.28. The second-order valence-corrected chi connectivity index (χ2v) is 5.13. The molecule has 2 aliphatic heterocycles. The smallest absolute Gasteiger partial charge is 0.339 e. The molecular formula is C14H18N2O3. The Balaban J connectivity index is 1.54. The SMILES string of the molecule is COC(=O)c1ccc(CNC2CC3CCC2O3)nc1. The molecule has 0 amide bonds. The first-order valence-corrected chi connectivity index (χ1v) is 6.68. The summed E-state index contributed by atoms with van der Waals surface area (Å²) in [6.45, 7) is 0.707. The highest BCUT2D eigenvalue weighted by Gasteiger charge is 2.40. The molecule has 0 aromatic carbocycles. The topological polar surface area (TPSA) is 60.5 Å². The quantitative estimate of drug-likeness (QED) is 0.828. The lowest BCUT2D eigenvalue weighted by atomic mass is 9.95. The Hall–Kier alpha value is -1.46. The number of rotatable bonds is 4. The molecule has 5 heteroatoms. The molecule has 2 aliphatic rings. The maximum absolute atomic E-state index is 11.3. The van der Waals surface area contributed by atoms with E-state index in [1.807, 2.05) is 6.07 Å². The number of carbonyl (C=O) groups excluding carboxylic acids is 1. The molecule has 2 bridgehead atoms. The molecule has 0 spiro atoms. The standard InChI is InChI=1S/C14H18N2O3/c1-18-14(17)9-2-3-10(15-7-9)8-16-12-6-11-4-5-13(12)19-11/h2-3,7,11-13,16H,4-6,8H2,1H3. The van der Waals surface area contributed by atoms with Crippen LogP contribution in [0.1, 0.15) is 35.3 Å². The Morgan fingerprint density at radius 1 is 1.53 bits per heavy atom. The van der Waals surface area contributed by atoms with Crippen LogP contribution in [0, 0.1) is 0 Å². The highest BCUT2D eigenvalue weighted by molar-refractivity contribution is 5.88. The van der Waals surface area contributed by atoms with Crippen LogP contribution in [0.3, 0.4) is 0 Å². The van der Waals surface area contributed by atoms with Crippen molar-refractivity contribution in [1.29, 1.82) is 0 Å². The summed E-state index contributed by atoms with van der Waals surface area (Å²) in [5.41, 5.74) is 1.41. The van der Waals surface area contributed by atoms with E-state index in [0.717, 1.165) is 18.5 Å². The number of methoxy groups -OCH3 is 1. The first-order valence-electron chi connectivity index (χ1n) is 6.68. The van der Waals surface area contributed by atoms with Crippen LogP contribution in [0.15, 0.2) is 18.3 Å². The molecule has 102 valence electrons. The number of esters is 1. The van der Waals surface area contributed by atoms with Crippen molar-refractivity contribution in [1.82, 2.24) is 10.3 Å². The van der Waals surface area contributed by atoms with Crippen molar-refractivity contribution in [2.45, 2.75) is 44.1 Å². The molecule has 1 aromatic heterocycles. The average Bonchev–Trinajstić information content (AvgIpc) is 3.07. The minimum atomic E-state index is -0.353. The van der Waals surface area contributed by atoms with Crippen molar-refractivity contribution in [3.8, 4) is 0 Å². The molecule has 3 atom stereocenters. The van der Waals surface area contributed by atoms with Gasteiger partial charge in [-0.2, -0.15) is 0 Å². The number of hydrogen-bond acceptors (Lipinski definition) is 5. The van der Waals surface area contributed by atoms with E-state index in [0.29, 0.717) is 30.4 Å². The lowest BCUT2D eigenvalue weighted by Crippen LogP contribution is -2.37. The Kier molecular flexibility index (Phi) is 3.48. The first kappa shape index (κ1) is 12.6. The van der Waals surface area contributed by atoms with Crippen LogP contribution in [0.5, 0.6) is 0 Å². The van der Waals surface area contributed by atoms with Crippen molar-refractivity contribution < 1.29 is 14.3 Å². The van der Waals surface area contributed by atoms with Crippen molar-refractivity contribution in [3.05, 3.63) is 29.6 Å². The molecule has 1 aromatic rings. The number of fused-ring (bicyclic) bond motifs is 2. The fourth-order valence-electron chi connectivity index (χ4n) is 2.86. The zero-order valence-corrected chi connectivity index (χ0v) is 11.0. The normalized spacial score (nSPS) is 28.6. The van der Waals surface area contributed by atoms with Crippen LogP contribution in [0.2, 0.25) is 0 Å². The average molecular weight is 262 g/mol. The van der Waals surface area contributed by atoms with E-state index in [4.69, 9.17) is 4.74 Å². The van der Waals surface area contributed by atoms with Gasteiger partial charge in [-0.15, -0.1) is 0 Å². The fraction of sp³-hybridized carbons (Fsp3) is 0.571. The summed E-state index contributed by atoms with van der Waals surface area (Å²) in [5, 5.41) is 3.49. The highest BCUT2D eigenvalue weighted by atomic mass is 16.5. The van der Waals surface area contributed by atoms with E-state index in [1.165, 1.54) is 13.5 Å². The number of nitrogens with one attached hydrogen (secondary N) is 1. The minimum Gasteiger partial charge on any atom is -0.465 e. The number of pyridine rings is 1. The van der Waals surface area contributed by atoms with E-state index in [9.17, 15) is 4.79 Å². The third-order valence-corrected chi connectivity index (χ3v) is 3.90. The monoisotopic (exact) mass is 262 g/mol. The summed E-state index contributed by atoms with van der Waals surface area (Å²) < 4.78 is 10.4. The van der Waals surface area contributed by atoms with Crippen LogP contribution in [0.4, 0.5) is 0 Å². The zero-order chi connectivity index (χ0) is 13.2. The Labute approximate surface area is 112 Å². The van der Waals surface area contributed by atoms with E-state index in [-0.39, 0.29) is 5.97 Å². The van der Waals surface area contributed by atoms with Crippen LogP contribution in [-0.4, -0.2) is 36.3 Å². The maximum atomic E-state index is 11.3. The molecule has 1 N–H and O–H groups in total. The largest absolute Gasteiger partial charge is 0.465 e. The van der Waals surface area contributed by atoms with E-state index in [1.54, 1.807) is 12.3 Å². The summed E-state index contributed by atoms with van der Waals surface area (Å²) >= 11 is 0. The predicted molar refractivity (Wildman–Crippen MR) is 68.7 cm³/mol. The van der Waals surface area contributed by atoms with Crippen LogP contribution in [-0.2, 0) is 16.0 Å². The number of aromatic nitrogens is 1. The molecule has 19 heavy (non-hydrogen) atoms. The molecule has 0 aliphatic carbocycles. The molecule has 3 heterocycles. The minimum absolute atomic E-state index is 0.353. The number of carbonyl (C=O) groups is 1. The van der Waals surface area contributed by atoms with Gasteiger partial charge >= 0.3 is 5.97 Å². The van der Waals surface area contributed by atoms with Gasteiger partial charge in [0.05, 0.1) is 30.6 Å².